The lowest BCUT2D eigenvalue weighted by atomic mass is 9.94. The van der Waals surface area contributed by atoms with E-state index >= 15 is 0 Å². The van der Waals surface area contributed by atoms with Crippen molar-refractivity contribution >= 4 is 11.9 Å². The Morgan fingerprint density at radius 3 is 3.07 bits per heavy atom. The fourth-order valence-electron chi connectivity index (χ4n) is 2.53. The lowest BCUT2D eigenvalue weighted by molar-refractivity contribution is -0.157. The van der Waals surface area contributed by atoms with Gasteiger partial charge in [-0.05, 0) is 26.2 Å². The molecule has 14 heavy (non-hydrogen) atoms. The summed E-state index contributed by atoms with van der Waals surface area (Å²) >= 11 is 0. The number of hydrogen-bond acceptors (Lipinski definition) is 3. The monoisotopic (exact) mass is 197 g/mol. The molecular formula is C10H15NO3. The van der Waals surface area contributed by atoms with Gasteiger partial charge in [0.1, 0.15) is 5.54 Å². The smallest absolute Gasteiger partial charge is 0.332 e. The summed E-state index contributed by atoms with van der Waals surface area (Å²) in [5.41, 5.74) is -0.590. The minimum atomic E-state index is -0.590. The molecule has 0 aliphatic carbocycles. The minimum absolute atomic E-state index is 0.107. The van der Waals surface area contributed by atoms with Crippen LogP contribution in [0.4, 0.5) is 0 Å². The number of carbonyl (C=O) groups excluding carboxylic acids is 2. The van der Waals surface area contributed by atoms with Crippen LogP contribution in [0.1, 0.15) is 32.6 Å². The van der Waals surface area contributed by atoms with E-state index in [1.807, 2.05) is 0 Å². The van der Waals surface area contributed by atoms with Crippen molar-refractivity contribution in [1.29, 1.82) is 0 Å². The molecule has 4 heteroatoms. The molecule has 0 spiro atoms. The Morgan fingerprint density at radius 2 is 2.36 bits per heavy atom. The first-order valence-corrected chi connectivity index (χ1v) is 5.18. The van der Waals surface area contributed by atoms with Gasteiger partial charge in [0.25, 0.3) is 0 Å². The Hall–Kier alpha value is -1.06. The quantitative estimate of drug-likeness (QED) is 0.612. The van der Waals surface area contributed by atoms with Crippen LogP contribution in [0, 0.1) is 0 Å². The van der Waals surface area contributed by atoms with Gasteiger partial charge in [0.05, 0.1) is 6.61 Å². The molecule has 0 unspecified atom stereocenters. The highest BCUT2D eigenvalue weighted by atomic mass is 16.5. The van der Waals surface area contributed by atoms with Crippen LogP contribution in [0.3, 0.4) is 0 Å². The van der Waals surface area contributed by atoms with Crippen molar-refractivity contribution in [2.24, 2.45) is 0 Å². The van der Waals surface area contributed by atoms with Gasteiger partial charge in [-0.25, -0.2) is 4.79 Å². The van der Waals surface area contributed by atoms with Crippen LogP contribution in [0.25, 0.3) is 0 Å². The standard InChI is InChI=1S/C10H15NO3/c1-2-14-9(13)10-5-3-7-11(10)8(12)4-6-10/h2-7H2,1H3/t10-/m1/s1. The molecule has 0 bridgehead atoms. The van der Waals surface area contributed by atoms with E-state index in [0.29, 0.717) is 19.4 Å². The molecule has 78 valence electrons. The Bertz CT molecular complexity index is 277. The molecule has 2 aliphatic rings. The first-order valence-electron chi connectivity index (χ1n) is 5.18. The van der Waals surface area contributed by atoms with Crippen molar-refractivity contribution in [3.05, 3.63) is 0 Å². The first-order chi connectivity index (χ1) is 6.70. The van der Waals surface area contributed by atoms with Gasteiger partial charge in [0.2, 0.25) is 5.91 Å². The number of hydrogen-bond donors (Lipinski definition) is 0. The SMILES string of the molecule is CCOC(=O)[C@]12CCCN1C(=O)CC2. The van der Waals surface area contributed by atoms with Gasteiger partial charge in [-0.3, -0.25) is 4.79 Å². The van der Waals surface area contributed by atoms with Crippen molar-refractivity contribution in [2.75, 3.05) is 13.2 Å². The first kappa shape index (κ1) is 9.49. The van der Waals surface area contributed by atoms with Crippen molar-refractivity contribution in [3.63, 3.8) is 0 Å². The highest BCUT2D eigenvalue weighted by Crippen LogP contribution is 2.40. The maximum Gasteiger partial charge on any atom is 0.332 e. The molecule has 0 N–H and O–H groups in total. The lowest BCUT2D eigenvalue weighted by Crippen LogP contribution is -2.48. The van der Waals surface area contributed by atoms with Gasteiger partial charge in [0, 0.05) is 13.0 Å². The van der Waals surface area contributed by atoms with Crippen molar-refractivity contribution in [2.45, 2.75) is 38.1 Å². The Labute approximate surface area is 83.2 Å². The molecule has 0 aromatic rings. The Kier molecular flexibility index (Phi) is 2.21. The molecule has 0 aromatic carbocycles. The van der Waals surface area contributed by atoms with Crippen molar-refractivity contribution in [1.82, 2.24) is 4.90 Å². The second kappa shape index (κ2) is 3.26. The predicted molar refractivity (Wildman–Crippen MR) is 49.5 cm³/mol. The Balaban J connectivity index is 2.21. The zero-order chi connectivity index (χ0) is 10.2. The molecule has 2 heterocycles. The maximum absolute atomic E-state index is 11.8. The third-order valence-corrected chi connectivity index (χ3v) is 3.20. The lowest BCUT2D eigenvalue weighted by Gasteiger charge is -2.29. The van der Waals surface area contributed by atoms with Crippen LogP contribution in [0.2, 0.25) is 0 Å². The highest BCUT2D eigenvalue weighted by Gasteiger charge is 2.54. The summed E-state index contributed by atoms with van der Waals surface area (Å²) in [6.07, 6.45) is 2.84. The highest BCUT2D eigenvalue weighted by molar-refractivity contribution is 5.92. The molecule has 2 fully saturated rings. The normalized spacial score (nSPS) is 30.6. The Morgan fingerprint density at radius 1 is 1.57 bits per heavy atom. The molecule has 1 amide bonds. The summed E-state index contributed by atoms with van der Waals surface area (Å²) < 4.78 is 5.05. The molecule has 0 saturated carbocycles. The summed E-state index contributed by atoms with van der Waals surface area (Å²) in [6, 6.07) is 0. The van der Waals surface area contributed by atoms with Crippen LogP contribution in [-0.4, -0.2) is 35.5 Å². The molecule has 0 radical (unpaired) electrons. The van der Waals surface area contributed by atoms with E-state index in [4.69, 9.17) is 4.74 Å². The number of fused-ring (bicyclic) bond motifs is 1. The molecule has 2 saturated heterocycles. The van der Waals surface area contributed by atoms with E-state index in [1.165, 1.54) is 0 Å². The molecular weight excluding hydrogens is 182 g/mol. The van der Waals surface area contributed by atoms with Crippen LogP contribution in [0.15, 0.2) is 0 Å². The predicted octanol–water partition coefficient (Wildman–Crippen LogP) is 0.704. The van der Waals surface area contributed by atoms with Gasteiger partial charge in [-0.15, -0.1) is 0 Å². The molecule has 2 rings (SSSR count). The topological polar surface area (TPSA) is 46.6 Å². The average Bonchev–Trinajstić information content (AvgIpc) is 2.69. The summed E-state index contributed by atoms with van der Waals surface area (Å²) in [5.74, 6) is -0.0982. The van der Waals surface area contributed by atoms with E-state index in [-0.39, 0.29) is 11.9 Å². The molecule has 1 atom stereocenters. The maximum atomic E-state index is 11.8. The number of ether oxygens (including phenoxy) is 1. The van der Waals surface area contributed by atoms with Crippen LogP contribution in [-0.2, 0) is 14.3 Å². The number of rotatable bonds is 2. The third kappa shape index (κ3) is 1.13. The van der Waals surface area contributed by atoms with Gasteiger partial charge in [-0.1, -0.05) is 0 Å². The molecule has 4 nitrogen and oxygen atoms in total. The fourth-order valence-corrected chi connectivity index (χ4v) is 2.53. The van der Waals surface area contributed by atoms with Gasteiger partial charge < -0.3 is 9.64 Å². The number of esters is 1. The summed E-state index contributed by atoms with van der Waals surface area (Å²) in [4.78, 5) is 25.0. The number of nitrogens with zero attached hydrogens (tertiary/aromatic N) is 1. The summed E-state index contributed by atoms with van der Waals surface area (Å²) in [6.45, 7) is 2.91. The van der Waals surface area contributed by atoms with E-state index in [2.05, 4.69) is 0 Å². The third-order valence-electron chi connectivity index (χ3n) is 3.20. The second-order valence-corrected chi connectivity index (χ2v) is 3.90. The van der Waals surface area contributed by atoms with E-state index < -0.39 is 5.54 Å². The number of amides is 1. The summed E-state index contributed by atoms with van der Waals surface area (Å²) in [5, 5.41) is 0. The second-order valence-electron chi connectivity index (χ2n) is 3.90. The van der Waals surface area contributed by atoms with Gasteiger partial charge in [0.15, 0.2) is 0 Å². The molecule has 0 aromatic heterocycles. The number of carbonyl (C=O) groups is 2. The van der Waals surface area contributed by atoms with E-state index in [9.17, 15) is 9.59 Å². The van der Waals surface area contributed by atoms with Crippen molar-refractivity contribution < 1.29 is 14.3 Å². The van der Waals surface area contributed by atoms with E-state index in [1.54, 1.807) is 11.8 Å². The average molecular weight is 197 g/mol. The van der Waals surface area contributed by atoms with Gasteiger partial charge >= 0.3 is 5.97 Å². The summed E-state index contributed by atoms with van der Waals surface area (Å²) in [7, 11) is 0. The van der Waals surface area contributed by atoms with E-state index in [0.717, 1.165) is 19.4 Å². The van der Waals surface area contributed by atoms with Crippen LogP contribution < -0.4 is 0 Å². The van der Waals surface area contributed by atoms with Crippen LogP contribution in [0.5, 0.6) is 0 Å². The van der Waals surface area contributed by atoms with Gasteiger partial charge in [-0.2, -0.15) is 0 Å². The van der Waals surface area contributed by atoms with Crippen LogP contribution >= 0.6 is 0 Å². The zero-order valence-electron chi connectivity index (χ0n) is 8.41. The zero-order valence-corrected chi connectivity index (χ0v) is 8.41. The minimum Gasteiger partial charge on any atom is -0.464 e. The largest absolute Gasteiger partial charge is 0.464 e. The fraction of sp³-hybridized carbons (Fsp3) is 0.800. The van der Waals surface area contributed by atoms with Crippen molar-refractivity contribution in [3.8, 4) is 0 Å². The molecule has 2 aliphatic heterocycles.